The van der Waals surface area contributed by atoms with E-state index in [2.05, 4.69) is 0 Å². The molecule has 0 aliphatic carbocycles. The van der Waals surface area contributed by atoms with Crippen molar-refractivity contribution in [3.8, 4) is 0 Å². The summed E-state index contributed by atoms with van der Waals surface area (Å²) in [6.07, 6.45) is 0. The Morgan fingerprint density at radius 3 is 1.06 bits per heavy atom. The van der Waals surface area contributed by atoms with Crippen LogP contribution in [0.3, 0.4) is 0 Å². The Hall–Kier alpha value is 0.140. The fraction of sp³-hybridized carbons (Fsp3) is 0.667. The highest BCUT2D eigenvalue weighted by molar-refractivity contribution is 8.14. The van der Waals surface area contributed by atoms with Gasteiger partial charge in [0.1, 0.15) is 0 Å². The van der Waals surface area contributed by atoms with E-state index in [4.69, 9.17) is 33.8 Å². The van der Waals surface area contributed by atoms with Crippen LogP contribution in [0, 0.1) is 10.8 Å². The van der Waals surface area contributed by atoms with Gasteiger partial charge in [0.25, 0.3) is 0 Å². The van der Waals surface area contributed by atoms with Gasteiger partial charge in [0.2, 0.25) is 0 Å². The largest absolute Gasteiger partial charge is 1.00 e. The zero-order chi connectivity index (χ0) is 11.7. The Bertz CT molecular complexity index is 170. The summed E-state index contributed by atoms with van der Waals surface area (Å²) in [7, 11) is 0. The molecule has 0 aromatic carbocycles. The summed E-state index contributed by atoms with van der Waals surface area (Å²) in [5, 5.41) is 13.4. The summed E-state index contributed by atoms with van der Waals surface area (Å²) in [5.74, 6) is 0. The van der Waals surface area contributed by atoms with E-state index >= 15 is 0 Å². The van der Waals surface area contributed by atoms with Crippen LogP contribution in [0.1, 0.15) is 13.8 Å². The van der Waals surface area contributed by atoms with Gasteiger partial charge in [0.15, 0.2) is 10.3 Å². The number of nitrogens with two attached hydrogens (primary N) is 4. The lowest BCUT2D eigenvalue weighted by Crippen LogP contribution is -3.00. The normalized spacial score (nSPS) is 11.8. The first-order valence-corrected chi connectivity index (χ1v) is 5.54. The first-order chi connectivity index (χ1) is 6.25. The molecule has 2 atom stereocenters. The second-order valence-corrected chi connectivity index (χ2v) is 5.21. The predicted molar refractivity (Wildman–Crippen MR) is 66.3 cm³/mol. The molecule has 10 heteroatoms. The number of nitrogens with one attached hydrogen (secondary N) is 2. The molecule has 10 N–H and O–H groups in total. The van der Waals surface area contributed by atoms with Crippen molar-refractivity contribution in [2.24, 2.45) is 22.9 Å². The Balaban J connectivity index is -0.0000000800. The SMILES string of the molecule is CC(N)SC(=N)N.CC(N)SC(=N)N.[Cl-].[Cl-]. The van der Waals surface area contributed by atoms with E-state index in [0.29, 0.717) is 0 Å². The maximum absolute atomic E-state index is 6.69. The van der Waals surface area contributed by atoms with Crippen molar-refractivity contribution in [3.05, 3.63) is 0 Å². The molecule has 0 spiro atoms. The molecule has 6 nitrogen and oxygen atoms in total. The van der Waals surface area contributed by atoms with Crippen molar-refractivity contribution >= 4 is 33.9 Å². The first-order valence-electron chi connectivity index (χ1n) is 3.78. The van der Waals surface area contributed by atoms with Gasteiger partial charge in [-0.25, -0.2) is 0 Å². The van der Waals surface area contributed by atoms with Gasteiger partial charge in [-0.3, -0.25) is 10.8 Å². The van der Waals surface area contributed by atoms with Gasteiger partial charge in [0, 0.05) is 0 Å². The van der Waals surface area contributed by atoms with E-state index in [-0.39, 0.29) is 45.9 Å². The highest BCUT2D eigenvalue weighted by Crippen LogP contribution is 2.00. The van der Waals surface area contributed by atoms with E-state index in [0.717, 1.165) is 23.5 Å². The quantitative estimate of drug-likeness (QED) is 0.170. The molecule has 16 heavy (non-hydrogen) atoms. The van der Waals surface area contributed by atoms with Crippen LogP contribution >= 0.6 is 23.5 Å². The summed E-state index contributed by atoms with van der Waals surface area (Å²) in [4.78, 5) is 0. The molecule has 0 bridgehead atoms. The van der Waals surface area contributed by atoms with Crippen molar-refractivity contribution in [2.45, 2.75) is 24.6 Å². The Labute approximate surface area is 117 Å². The van der Waals surface area contributed by atoms with Crippen molar-refractivity contribution in [1.82, 2.24) is 0 Å². The van der Waals surface area contributed by atoms with E-state index in [1.165, 1.54) is 0 Å². The van der Waals surface area contributed by atoms with E-state index in [1.807, 2.05) is 0 Å². The summed E-state index contributed by atoms with van der Waals surface area (Å²) >= 11 is 2.30. The first kappa shape index (κ1) is 25.1. The van der Waals surface area contributed by atoms with Gasteiger partial charge in [-0.05, 0) is 13.8 Å². The van der Waals surface area contributed by atoms with Gasteiger partial charge < -0.3 is 47.7 Å². The fourth-order valence-corrected chi connectivity index (χ4v) is 1.20. The van der Waals surface area contributed by atoms with Crippen molar-refractivity contribution in [3.63, 3.8) is 0 Å². The van der Waals surface area contributed by atoms with Gasteiger partial charge in [0.05, 0.1) is 10.7 Å². The highest BCUT2D eigenvalue weighted by atomic mass is 35.5. The lowest BCUT2D eigenvalue weighted by Gasteiger charge is -1.98. The Kier molecular flexibility index (Phi) is 23.8. The topological polar surface area (TPSA) is 152 Å². The summed E-state index contributed by atoms with van der Waals surface area (Å²) in [6.45, 7) is 3.57. The molecular formula is C6H18Cl2N6S2-2. The standard InChI is InChI=1S/2C3H9N3S.2ClH/c2*1-2(4)7-3(5)6;;/h2*2H,4H2,1H3,(H3,5,6);2*1H/p-2. The molecule has 0 aliphatic rings. The lowest BCUT2D eigenvalue weighted by atomic mass is 10.8. The van der Waals surface area contributed by atoms with Gasteiger partial charge in [-0.1, -0.05) is 23.5 Å². The van der Waals surface area contributed by atoms with E-state index in [9.17, 15) is 0 Å². The minimum Gasteiger partial charge on any atom is -1.00 e. The summed E-state index contributed by atoms with van der Waals surface area (Å²) < 4.78 is 0. The molecule has 0 saturated heterocycles. The molecule has 0 aromatic heterocycles. The molecule has 100 valence electrons. The lowest BCUT2D eigenvalue weighted by molar-refractivity contribution is -0.00100. The predicted octanol–water partition coefficient (Wildman–Crippen LogP) is -6.16. The van der Waals surface area contributed by atoms with Crippen molar-refractivity contribution in [2.75, 3.05) is 0 Å². The van der Waals surface area contributed by atoms with Gasteiger partial charge in [-0.15, -0.1) is 0 Å². The van der Waals surface area contributed by atoms with E-state index in [1.54, 1.807) is 13.8 Å². The van der Waals surface area contributed by atoms with Crippen molar-refractivity contribution < 1.29 is 24.8 Å². The zero-order valence-corrected chi connectivity index (χ0v) is 12.2. The number of amidine groups is 2. The minimum absolute atomic E-state index is 0. The highest BCUT2D eigenvalue weighted by Gasteiger charge is 1.93. The average molecular weight is 309 g/mol. The van der Waals surface area contributed by atoms with Crippen LogP contribution in [-0.2, 0) is 0 Å². The van der Waals surface area contributed by atoms with Crippen LogP contribution < -0.4 is 47.7 Å². The molecule has 0 amide bonds. The molecular weight excluding hydrogens is 291 g/mol. The van der Waals surface area contributed by atoms with Crippen LogP contribution in [0.2, 0.25) is 0 Å². The summed E-state index contributed by atoms with van der Waals surface area (Å²) in [5.41, 5.74) is 20.4. The fourth-order valence-electron chi connectivity index (χ4n) is 0.401. The third-order valence-corrected chi connectivity index (χ3v) is 1.88. The monoisotopic (exact) mass is 308 g/mol. The van der Waals surface area contributed by atoms with Crippen LogP contribution in [0.5, 0.6) is 0 Å². The van der Waals surface area contributed by atoms with Crippen LogP contribution in [0.15, 0.2) is 0 Å². The van der Waals surface area contributed by atoms with Crippen LogP contribution in [-0.4, -0.2) is 21.1 Å². The molecule has 0 saturated carbocycles. The van der Waals surface area contributed by atoms with Gasteiger partial charge in [-0.2, -0.15) is 0 Å². The molecule has 0 fully saturated rings. The second-order valence-electron chi connectivity index (χ2n) is 2.37. The molecule has 2 unspecified atom stereocenters. The van der Waals surface area contributed by atoms with Crippen LogP contribution in [0.4, 0.5) is 0 Å². The van der Waals surface area contributed by atoms with E-state index < -0.39 is 0 Å². The average Bonchev–Trinajstić information content (AvgIpc) is 1.79. The molecule has 0 aromatic rings. The number of hydrogen-bond acceptors (Lipinski definition) is 6. The Morgan fingerprint density at radius 2 is 1.06 bits per heavy atom. The van der Waals surface area contributed by atoms with Crippen LogP contribution in [0.25, 0.3) is 0 Å². The minimum atomic E-state index is -0.0579. The van der Waals surface area contributed by atoms with Gasteiger partial charge >= 0.3 is 0 Å². The molecule has 0 rings (SSSR count). The third kappa shape index (κ3) is 36.8. The van der Waals surface area contributed by atoms with Crippen molar-refractivity contribution in [1.29, 1.82) is 10.8 Å². The number of halogens is 2. The summed E-state index contributed by atoms with van der Waals surface area (Å²) in [6, 6.07) is 0. The zero-order valence-electron chi connectivity index (χ0n) is 9.04. The molecule has 0 aliphatic heterocycles. The Morgan fingerprint density at radius 1 is 0.875 bits per heavy atom. The smallest absolute Gasteiger partial charge is 0.152 e. The maximum atomic E-state index is 6.69. The number of rotatable bonds is 2. The number of thioether (sulfide) groups is 2. The third-order valence-electron chi connectivity index (χ3n) is 0.626. The molecule has 0 heterocycles. The molecule has 0 radical (unpaired) electrons. The maximum Gasteiger partial charge on any atom is 0.152 e. The second kappa shape index (κ2) is 15.1. The number of hydrogen-bond donors (Lipinski definition) is 6.